The lowest BCUT2D eigenvalue weighted by Gasteiger charge is -2.37. The zero-order chi connectivity index (χ0) is 14.5. The molecule has 0 aromatic carbocycles. The van der Waals surface area contributed by atoms with E-state index in [9.17, 15) is 4.79 Å². The van der Waals surface area contributed by atoms with Crippen LogP contribution in [0.2, 0.25) is 0 Å². The third kappa shape index (κ3) is 4.19. The first-order valence-electron chi connectivity index (χ1n) is 8.41. The lowest BCUT2D eigenvalue weighted by Crippen LogP contribution is -2.51. The number of hydrogen-bond donors (Lipinski definition) is 2. The molecule has 2 aliphatic rings. The van der Waals surface area contributed by atoms with Gasteiger partial charge in [-0.2, -0.15) is 0 Å². The Labute approximate surface area is 123 Å². The average Bonchev–Trinajstić information content (AvgIpc) is 2.76. The first kappa shape index (κ1) is 15.8. The Balaban J connectivity index is 1.88. The summed E-state index contributed by atoms with van der Waals surface area (Å²) >= 11 is 0. The molecule has 2 fully saturated rings. The number of hydrogen-bond acceptors (Lipinski definition) is 3. The Kier molecular flexibility index (Phi) is 5.85. The lowest BCUT2D eigenvalue weighted by molar-refractivity contribution is -0.123. The summed E-state index contributed by atoms with van der Waals surface area (Å²) in [7, 11) is 0. The van der Waals surface area contributed by atoms with Crippen LogP contribution in [0.25, 0.3) is 0 Å². The van der Waals surface area contributed by atoms with Gasteiger partial charge in [-0.1, -0.05) is 13.8 Å². The van der Waals surface area contributed by atoms with Crippen molar-refractivity contribution in [3.63, 3.8) is 0 Å². The summed E-state index contributed by atoms with van der Waals surface area (Å²) in [5.41, 5.74) is 0. The molecule has 2 aliphatic heterocycles. The number of fused-ring (bicyclic) bond motifs is 2. The second kappa shape index (κ2) is 7.41. The highest BCUT2D eigenvalue weighted by atomic mass is 16.2. The van der Waals surface area contributed by atoms with Gasteiger partial charge < -0.3 is 10.6 Å². The maximum atomic E-state index is 12.2. The van der Waals surface area contributed by atoms with E-state index in [0.717, 1.165) is 19.4 Å². The van der Waals surface area contributed by atoms with Gasteiger partial charge in [0.1, 0.15) is 0 Å². The zero-order valence-corrected chi connectivity index (χ0v) is 13.3. The number of nitrogens with zero attached hydrogens (tertiary/aromatic N) is 1. The van der Waals surface area contributed by atoms with Crippen LogP contribution < -0.4 is 10.6 Å². The molecule has 2 heterocycles. The Morgan fingerprint density at radius 1 is 1.30 bits per heavy atom. The van der Waals surface area contributed by atoms with E-state index in [0.29, 0.717) is 24.7 Å². The SMILES string of the molecule is CCCN(CC(=O)NC(C)CC)C1CC2CCC(C1)N2. The number of piperidine rings is 1. The molecule has 116 valence electrons. The minimum atomic E-state index is 0.193. The summed E-state index contributed by atoms with van der Waals surface area (Å²) in [5, 5.41) is 6.78. The Morgan fingerprint density at radius 2 is 1.95 bits per heavy atom. The second-order valence-corrected chi connectivity index (χ2v) is 6.61. The van der Waals surface area contributed by atoms with Crippen molar-refractivity contribution in [1.82, 2.24) is 15.5 Å². The van der Waals surface area contributed by atoms with E-state index in [-0.39, 0.29) is 11.9 Å². The van der Waals surface area contributed by atoms with Crippen LogP contribution in [-0.4, -0.2) is 48.1 Å². The van der Waals surface area contributed by atoms with Gasteiger partial charge in [-0.25, -0.2) is 0 Å². The van der Waals surface area contributed by atoms with Crippen LogP contribution in [0.4, 0.5) is 0 Å². The van der Waals surface area contributed by atoms with Gasteiger partial charge in [-0.05, 0) is 52.0 Å². The van der Waals surface area contributed by atoms with Crippen molar-refractivity contribution in [3.8, 4) is 0 Å². The zero-order valence-electron chi connectivity index (χ0n) is 13.3. The molecule has 0 spiro atoms. The van der Waals surface area contributed by atoms with Gasteiger partial charge in [-0.15, -0.1) is 0 Å². The molecular formula is C16H31N3O. The standard InChI is InChI=1S/C16H31N3O/c1-4-8-19(11-16(20)17-12(3)5-2)15-9-13-6-7-14(10-15)18-13/h12-15,18H,4-11H2,1-3H3,(H,17,20). The first-order valence-corrected chi connectivity index (χ1v) is 8.41. The number of carbonyl (C=O) groups excluding carboxylic acids is 1. The Morgan fingerprint density at radius 3 is 2.50 bits per heavy atom. The third-order valence-corrected chi connectivity index (χ3v) is 4.84. The van der Waals surface area contributed by atoms with Crippen LogP contribution in [0.15, 0.2) is 0 Å². The Bertz CT molecular complexity index is 309. The average molecular weight is 281 g/mol. The van der Waals surface area contributed by atoms with Crippen molar-refractivity contribution in [3.05, 3.63) is 0 Å². The van der Waals surface area contributed by atoms with Gasteiger partial charge >= 0.3 is 0 Å². The highest BCUT2D eigenvalue weighted by Gasteiger charge is 2.36. The third-order valence-electron chi connectivity index (χ3n) is 4.84. The fourth-order valence-corrected chi connectivity index (χ4v) is 3.61. The minimum absolute atomic E-state index is 0.193. The maximum Gasteiger partial charge on any atom is 0.234 e. The van der Waals surface area contributed by atoms with E-state index in [1.54, 1.807) is 0 Å². The second-order valence-electron chi connectivity index (χ2n) is 6.61. The smallest absolute Gasteiger partial charge is 0.234 e. The number of rotatable bonds is 7. The highest BCUT2D eigenvalue weighted by molar-refractivity contribution is 5.78. The van der Waals surface area contributed by atoms with Crippen molar-refractivity contribution in [1.29, 1.82) is 0 Å². The van der Waals surface area contributed by atoms with Crippen LogP contribution in [0.5, 0.6) is 0 Å². The normalized spacial score (nSPS) is 30.5. The molecule has 4 heteroatoms. The van der Waals surface area contributed by atoms with Gasteiger partial charge in [0.15, 0.2) is 0 Å². The number of nitrogens with one attached hydrogen (secondary N) is 2. The van der Waals surface area contributed by atoms with E-state index >= 15 is 0 Å². The molecule has 0 aromatic heterocycles. The van der Waals surface area contributed by atoms with E-state index < -0.39 is 0 Å². The molecular weight excluding hydrogens is 250 g/mol. The van der Waals surface area contributed by atoms with Gasteiger partial charge in [0.25, 0.3) is 0 Å². The van der Waals surface area contributed by atoms with E-state index in [1.807, 2.05) is 0 Å². The van der Waals surface area contributed by atoms with E-state index in [1.165, 1.54) is 25.7 Å². The molecule has 4 nitrogen and oxygen atoms in total. The highest BCUT2D eigenvalue weighted by Crippen LogP contribution is 2.29. The van der Waals surface area contributed by atoms with Crippen LogP contribution >= 0.6 is 0 Å². The number of carbonyl (C=O) groups is 1. The summed E-state index contributed by atoms with van der Waals surface area (Å²) in [6, 6.07) is 2.26. The first-order chi connectivity index (χ1) is 9.62. The van der Waals surface area contributed by atoms with Crippen molar-refractivity contribution < 1.29 is 4.79 Å². The van der Waals surface area contributed by atoms with Crippen molar-refractivity contribution in [2.24, 2.45) is 0 Å². The fourth-order valence-electron chi connectivity index (χ4n) is 3.61. The largest absolute Gasteiger partial charge is 0.353 e. The van der Waals surface area contributed by atoms with Gasteiger partial charge in [-0.3, -0.25) is 9.69 Å². The van der Waals surface area contributed by atoms with E-state index in [2.05, 4.69) is 36.3 Å². The molecule has 20 heavy (non-hydrogen) atoms. The molecule has 0 aromatic rings. The summed E-state index contributed by atoms with van der Waals surface area (Å²) in [4.78, 5) is 14.6. The molecule has 2 bridgehead atoms. The molecule has 0 saturated carbocycles. The maximum absolute atomic E-state index is 12.2. The topological polar surface area (TPSA) is 44.4 Å². The summed E-state index contributed by atoms with van der Waals surface area (Å²) in [5.74, 6) is 0.193. The summed E-state index contributed by atoms with van der Waals surface area (Å²) < 4.78 is 0. The van der Waals surface area contributed by atoms with Crippen molar-refractivity contribution in [2.45, 2.75) is 83.5 Å². The molecule has 2 saturated heterocycles. The minimum Gasteiger partial charge on any atom is -0.353 e. The molecule has 0 radical (unpaired) electrons. The fraction of sp³-hybridized carbons (Fsp3) is 0.938. The molecule has 0 aliphatic carbocycles. The molecule has 3 atom stereocenters. The van der Waals surface area contributed by atoms with Gasteiger partial charge in [0, 0.05) is 24.2 Å². The molecule has 3 unspecified atom stereocenters. The van der Waals surface area contributed by atoms with Crippen molar-refractivity contribution >= 4 is 5.91 Å². The predicted molar refractivity (Wildman–Crippen MR) is 82.7 cm³/mol. The van der Waals surface area contributed by atoms with Crippen molar-refractivity contribution in [2.75, 3.05) is 13.1 Å². The van der Waals surface area contributed by atoms with Crippen LogP contribution in [0.3, 0.4) is 0 Å². The Hall–Kier alpha value is -0.610. The molecule has 2 rings (SSSR count). The summed E-state index contributed by atoms with van der Waals surface area (Å²) in [6.07, 6.45) is 7.19. The number of amides is 1. The summed E-state index contributed by atoms with van der Waals surface area (Å²) in [6.45, 7) is 8.00. The molecule has 1 amide bonds. The lowest BCUT2D eigenvalue weighted by atomic mass is 9.98. The van der Waals surface area contributed by atoms with Gasteiger partial charge in [0.05, 0.1) is 6.54 Å². The quantitative estimate of drug-likeness (QED) is 0.749. The van der Waals surface area contributed by atoms with Crippen LogP contribution in [0, 0.1) is 0 Å². The predicted octanol–water partition coefficient (Wildman–Crippen LogP) is 1.90. The monoisotopic (exact) mass is 281 g/mol. The van der Waals surface area contributed by atoms with E-state index in [4.69, 9.17) is 0 Å². The van der Waals surface area contributed by atoms with Crippen LogP contribution in [0.1, 0.15) is 59.3 Å². The molecule has 2 N–H and O–H groups in total. The van der Waals surface area contributed by atoms with Crippen LogP contribution in [-0.2, 0) is 4.79 Å². The van der Waals surface area contributed by atoms with Gasteiger partial charge in [0.2, 0.25) is 5.91 Å².